The number of hydrogen-bond donors (Lipinski definition) is 2. The highest BCUT2D eigenvalue weighted by Crippen LogP contribution is 2.13. The van der Waals surface area contributed by atoms with Crippen molar-refractivity contribution in [1.29, 1.82) is 0 Å². The maximum absolute atomic E-state index is 12.6. The Labute approximate surface area is 194 Å². The summed E-state index contributed by atoms with van der Waals surface area (Å²) < 4.78 is 5.77. The first kappa shape index (κ1) is 23.7. The Balaban J connectivity index is 1.52. The van der Waals surface area contributed by atoms with Gasteiger partial charge >= 0.3 is 0 Å². The number of aryl methyl sites for hydroxylation is 1. The van der Waals surface area contributed by atoms with Crippen LogP contribution in [0.2, 0.25) is 0 Å². The van der Waals surface area contributed by atoms with E-state index >= 15 is 0 Å². The van der Waals surface area contributed by atoms with Crippen molar-refractivity contribution in [3.63, 3.8) is 0 Å². The number of nitrogens with zero attached hydrogens (tertiary/aromatic N) is 1. The first-order valence-corrected chi connectivity index (χ1v) is 10.9. The highest BCUT2D eigenvalue weighted by molar-refractivity contribution is 5.97. The molecule has 0 aliphatic carbocycles. The van der Waals surface area contributed by atoms with Crippen molar-refractivity contribution in [2.75, 3.05) is 0 Å². The van der Waals surface area contributed by atoms with Crippen LogP contribution in [0.15, 0.2) is 84.0 Å². The van der Waals surface area contributed by atoms with Crippen molar-refractivity contribution in [3.8, 4) is 5.75 Å². The van der Waals surface area contributed by atoms with Crippen LogP contribution in [-0.2, 0) is 11.4 Å². The van der Waals surface area contributed by atoms with E-state index in [9.17, 15) is 9.59 Å². The van der Waals surface area contributed by atoms with E-state index in [1.54, 1.807) is 18.3 Å². The lowest BCUT2D eigenvalue weighted by atomic mass is 10.0. The average molecular weight is 444 g/mol. The fourth-order valence-electron chi connectivity index (χ4n) is 3.10. The van der Waals surface area contributed by atoms with Crippen molar-refractivity contribution in [1.82, 2.24) is 10.7 Å². The maximum atomic E-state index is 12.6. The molecule has 2 amide bonds. The molecule has 0 saturated carbocycles. The summed E-state index contributed by atoms with van der Waals surface area (Å²) in [4.78, 5) is 25.1. The Kier molecular flexibility index (Phi) is 8.36. The van der Waals surface area contributed by atoms with Crippen LogP contribution in [0.1, 0.15) is 40.9 Å². The zero-order valence-electron chi connectivity index (χ0n) is 19.1. The van der Waals surface area contributed by atoms with E-state index in [1.807, 2.05) is 87.5 Å². The fourth-order valence-corrected chi connectivity index (χ4v) is 3.10. The molecule has 2 N–H and O–H groups in total. The van der Waals surface area contributed by atoms with Crippen molar-refractivity contribution in [3.05, 3.63) is 101 Å². The van der Waals surface area contributed by atoms with Crippen LogP contribution < -0.4 is 15.5 Å². The molecule has 6 nitrogen and oxygen atoms in total. The average Bonchev–Trinajstić information content (AvgIpc) is 2.82. The van der Waals surface area contributed by atoms with Gasteiger partial charge in [-0.1, -0.05) is 61.9 Å². The molecule has 33 heavy (non-hydrogen) atoms. The monoisotopic (exact) mass is 443 g/mol. The minimum Gasteiger partial charge on any atom is -0.489 e. The van der Waals surface area contributed by atoms with Crippen molar-refractivity contribution in [2.45, 2.75) is 33.4 Å². The van der Waals surface area contributed by atoms with E-state index in [2.05, 4.69) is 15.8 Å². The molecule has 3 rings (SSSR count). The molecule has 3 aromatic rings. The fraction of sp³-hybridized carbons (Fsp3) is 0.222. The molecule has 0 fully saturated rings. The molecule has 0 aromatic heterocycles. The zero-order valence-corrected chi connectivity index (χ0v) is 19.1. The van der Waals surface area contributed by atoms with E-state index in [1.165, 1.54) is 0 Å². The second-order valence-corrected chi connectivity index (χ2v) is 8.14. The second kappa shape index (κ2) is 11.6. The van der Waals surface area contributed by atoms with Crippen molar-refractivity contribution >= 4 is 18.0 Å². The van der Waals surface area contributed by atoms with Gasteiger partial charge in [-0.25, -0.2) is 5.43 Å². The van der Waals surface area contributed by atoms with Crippen LogP contribution >= 0.6 is 0 Å². The normalized spacial score (nSPS) is 11.9. The third-order valence-electron chi connectivity index (χ3n) is 5.07. The van der Waals surface area contributed by atoms with Gasteiger partial charge < -0.3 is 10.1 Å². The van der Waals surface area contributed by atoms with Crippen LogP contribution in [0.4, 0.5) is 0 Å². The summed E-state index contributed by atoms with van der Waals surface area (Å²) >= 11 is 0. The summed E-state index contributed by atoms with van der Waals surface area (Å²) in [6.45, 7) is 6.19. The summed E-state index contributed by atoms with van der Waals surface area (Å²) in [6.07, 6.45) is 1.55. The summed E-state index contributed by atoms with van der Waals surface area (Å²) in [7, 11) is 0. The Bertz CT molecular complexity index is 1080. The molecule has 0 aliphatic rings. The first-order valence-electron chi connectivity index (χ1n) is 10.9. The Morgan fingerprint density at radius 3 is 2.24 bits per heavy atom. The van der Waals surface area contributed by atoms with Crippen LogP contribution in [0.3, 0.4) is 0 Å². The number of carbonyl (C=O) groups excluding carboxylic acids is 2. The van der Waals surface area contributed by atoms with E-state index < -0.39 is 6.04 Å². The largest absolute Gasteiger partial charge is 0.489 e. The topological polar surface area (TPSA) is 79.8 Å². The predicted octanol–water partition coefficient (Wildman–Crippen LogP) is 4.48. The third kappa shape index (κ3) is 7.31. The van der Waals surface area contributed by atoms with Gasteiger partial charge in [0.2, 0.25) is 0 Å². The van der Waals surface area contributed by atoms with Gasteiger partial charge in [0.25, 0.3) is 11.8 Å². The van der Waals surface area contributed by atoms with Crippen LogP contribution in [0.5, 0.6) is 5.75 Å². The summed E-state index contributed by atoms with van der Waals surface area (Å²) in [5.74, 6) is -0.0159. The molecule has 0 spiro atoms. The van der Waals surface area contributed by atoms with Crippen molar-refractivity contribution < 1.29 is 14.3 Å². The molecule has 0 aliphatic heterocycles. The Morgan fingerprint density at radius 1 is 0.939 bits per heavy atom. The van der Waals surface area contributed by atoms with Gasteiger partial charge in [-0.15, -0.1) is 0 Å². The summed E-state index contributed by atoms with van der Waals surface area (Å²) in [5.41, 5.74) is 6.01. The first-order chi connectivity index (χ1) is 15.9. The number of ether oxygens (including phenoxy) is 1. The lowest BCUT2D eigenvalue weighted by Crippen LogP contribution is -2.48. The van der Waals surface area contributed by atoms with Gasteiger partial charge in [0.05, 0.1) is 6.21 Å². The highest BCUT2D eigenvalue weighted by Gasteiger charge is 2.24. The minimum atomic E-state index is -0.704. The molecule has 1 atom stereocenters. The molecule has 0 radical (unpaired) electrons. The van der Waals surface area contributed by atoms with Crippen molar-refractivity contribution in [2.24, 2.45) is 11.0 Å². The number of nitrogens with one attached hydrogen (secondary N) is 2. The molecule has 3 aromatic carbocycles. The standard InChI is InChI=1S/C27H29N3O3/c1-19(2)25(29-26(31)23-13-9-20(3)10-14-23)27(32)30-28-17-21-11-15-24(16-12-21)33-18-22-7-5-4-6-8-22/h4-17,19,25H,18H2,1-3H3,(H,29,31)(H,30,32)/b28-17+. The van der Waals surface area contributed by atoms with E-state index in [0.717, 1.165) is 22.4 Å². The van der Waals surface area contributed by atoms with Gasteiger partial charge in [0, 0.05) is 5.56 Å². The molecular weight excluding hydrogens is 414 g/mol. The minimum absolute atomic E-state index is 0.101. The number of amides is 2. The van der Waals surface area contributed by atoms with Gasteiger partial charge in [-0.05, 0) is 60.4 Å². The van der Waals surface area contributed by atoms with Gasteiger partial charge in [-0.2, -0.15) is 5.10 Å². The molecule has 6 heteroatoms. The number of hydrogen-bond acceptors (Lipinski definition) is 4. The quantitative estimate of drug-likeness (QED) is 0.378. The SMILES string of the molecule is Cc1ccc(C(=O)NC(C(=O)N/N=C/c2ccc(OCc3ccccc3)cc2)C(C)C)cc1. The lowest BCUT2D eigenvalue weighted by molar-refractivity contribution is -0.123. The lowest BCUT2D eigenvalue weighted by Gasteiger charge is -2.20. The Hall–Kier alpha value is -3.93. The van der Waals surface area contributed by atoms with Gasteiger partial charge in [-0.3, -0.25) is 9.59 Å². The summed E-state index contributed by atoms with van der Waals surface area (Å²) in [5, 5.41) is 6.84. The van der Waals surface area contributed by atoms with Crippen LogP contribution in [-0.4, -0.2) is 24.1 Å². The molecule has 170 valence electrons. The number of rotatable bonds is 9. The van der Waals surface area contributed by atoms with E-state index in [-0.39, 0.29) is 17.7 Å². The second-order valence-electron chi connectivity index (χ2n) is 8.14. The van der Waals surface area contributed by atoms with Crippen LogP contribution in [0.25, 0.3) is 0 Å². The number of benzene rings is 3. The molecular formula is C27H29N3O3. The maximum Gasteiger partial charge on any atom is 0.262 e. The smallest absolute Gasteiger partial charge is 0.262 e. The molecule has 0 heterocycles. The molecule has 1 unspecified atom stereocenters. The van der Waals surface area contributed by atoms with Gasteiger partial charge in [0.1, 0.15) is 18.4 Å². The van der Waals surface area contributed by atoms with Crippen LogP contribution in [0, 0.1) is 12.8 Å². The van der Waals surface area contributed by atoms with Gasteiger partial charge in [0.15, 0.2) is 0 Å². The predicted molar refractivity (Wildman–Crippen MR) is 130 cm³/mol. The van der Waals surface area contributed by atoms with E-state index in [4.69, 9.17) is 4.74 Å². The Morgan fingerprint density at radius 2 is 1.61 bits per heavy atom. The molecule has 0 saturated heterocycles. The molecule has 0 bridgehead atoms. The highest BCUT2D eigenvalue weighted by atomic mass is 16.5. The number of carbonyl (C=O) groups is 2. The summed E-state index contributed by atoms with van der Waals surface area (Å²) in [6, 6.07) is 23.9. The number of hydrazone groups is 1. The van der Waals surface area contributed by atoms with E-state index in [0.29, 0.717) is 12.2 Å². The zero-order chi connectivity index (χ0) is 23.6. The third-order valence-corrected chi connectivity index (χ3v) is 5.07.